The van der Waals surface area contributed by atoms with E-state index in [1.807, 2.05) is 11.4 Å². The number of hydrogen-bond donors (Lipinski definition) is 0. The second-order valence-electron chi connectivity index (χ2n) is 5.50. The summed E-state index contributed by atoms with van der Waals surface area (Å²) in [6.07, 6.45) is 2.12. The molecule has 0 saturated heterocycles. The second-order valence-corrected chi connectivity index (χ2v) is 6.45. The Morgan fingerprint density at radius 3 is 2.83 bits per heavy atom. The number of amides is 1. The third-order valence-corrected chi connectivity index (χ3v) is 4.13. The monoisotopic (exact) mass is 336 g/mol. The van der Waals surface area contributed by atoms with Gasteiger partial charge in [0.1, 0.15) is 6.26 Å². The van der Waals surface area contributed by atoms with Crippen LogP contribution >= 0.6 is 11.3 Å². The van der Waals surface area contributed by atoms with E-state index in [4.69, 9.17) is 4.42 Å². The Morgan fingerprint density at radius 2 is 2.22 bits per heavy atom. The highest BCUT2D eigenvalue weighted by Gasteiger charge is 2.21. The highest BCUT2D eigenvalue weighted by atomic mass is 32.1. The number of nitrogens with zero attached hydrogens (tertiary/aromatic N) is 2. The molecule has 23 heavy (non-hydrogen) atoms. The lowest BCUT2D eigenvalue weighted by Gasteiger charge is -2.21. The van der Waals surface area contributed by atoms with Gasteiger partial charge in [0.15, 0.2) is 5.69 Å². The van der Waals surface area contributed by atoms with Gasteiger partial charge >= 0.3 is 5.97 Å². The van der Waals surface area contributed by atoms with Gasteiger partial charge in [0.05, 0.1) is 18.5 Å². The Morgan fingerprint density at radius 1 is 1.43 bits per heavy atom. The Kier molecular flexibility index (Phi) is 5.92. The van der Waals surface area contributed by atoms with Crippen molar-refractivity contribution < 1.29 is 18.7 Å². The average Bonchev–Trinajstić information content (AvgIpc) is 3.21. The number of oxazole rings is 1. The molecule has 2 aromatic rings. The molecular formula is C16H20N2O4S. The topological polar surface area (TPSA) is 72.6 Å². The first kappa shape index (κ1) is 17.2. The van der Waals surface area contributed by atoms with E-state index in [-0.39, 0.29) is 18.1 Å². The van der Waals surface area contributed by atoms with Crippen LogP contribution in [0, 0.1) is 5.92 Å². The summed E-state index contributed by atoms with van der Waals surface area (Å²) in [6, 6.07) is 3.64. The predicted molar refractivity (Wildman–Crippen MR) is 86.4 cm³/mol. The molecule has 0 atom stereocenters. The van der Waals surface area contributed by atoms with Gasteiger partial charge in [-0.05, 0) is 23.8 Å². The van der Waals surface area contributed by atoms with E-state index in [2.05, 4.69) is 23.6 Å². The van der Waals surface area contributed by atoms with Crippen molar-refractivity contribution in [2.24, 2.45) is 5.92 Å². The summed E-state index contributed by atoms with van der Waals surface area (Å²) in [5.74, 6) is 0.180. The van der Waals surface area contributed by atoms with Gasteiger partial charge < -0.3 is 14.1 Å². The Labute approximate surface area is 139 Å². The van der Waals surface area contributed by atoms with E-state index >= 15 is 0 Å². The van der Waals surface area contributed by atoms with Gasteiger partial charge in [-0.2, -0.15) is 0 Å². The number of ether oxygens (including phenoxy) is 1. The standard InChI is InChI=1S/C16H20N2O4S/c1-11(2)6-7-18(15(19)13-5-4-8-23-13)9-14-17-12(10-22-14)16(20)21-3/h4-5,8,10-11H,6-7,9H2,1-3H3. The minimum absolute atomic E-state index is 0.0570. The molecule has 0 bridgehead atoms. The number of methoxy groups -OCH3 is 1. The molecule has 0 aliphatic carbocycles. The smallest absolute Gasteiger partial charge is 0.360 e. The molecule has 6 nitrogen and oxygen atoms in total. The molecule has 0 N–H and O–H groups in total. The summed E-state index contributed by atoms with van der Waals surface area (Å²) in [7, 11) is 1.28. The Bertz CT molecular complexity index is 649. The summed E-state index contributed by atoms with van der Waals surface area (Å²) in [6.45, 7) is 5.04. The molecule has 0 aromatic carbocycles. The Balaban J connectivity index is 2.12. The molecule has 2 heterocycles. The van der Waals surface area contributed by atoms with Crippen LogP contribution in [0.3, 0.4) is 0 Å². The molecular weight excluding hydrogens is 316 g/mol. The van der Waals surface area contributed by atoms with Crippen LogP contribution in [0.5, 0.6) is 0 Å². The van der Waals surface area contributed by atoms with E-state index in [0.29, 0.717) is 23.2 Å². The largest absolute Gasteiger partial charge is 0.464 e. The first-order valence-electron chi connectivity index (χ1n) is 7.36. The van der Waals surface area contributed by atoms with Crippen LogP contribution in [0.25, 0.3) is 0 Å². The van der Waals surface area contributed by atoms with E-state index in [1.165, 1.54) is 24.7 Å². The Hall–Kier alpha value is -2.15. The average molecular weight is 336 g/mol. The maximum absolute atomic E-state index is 12.6. The molecule has 0 aliphatic heterocycles. The molecule has 2 aromatic heterocycles. The number of carbonyl (C=O) groups excluding carboxylic acids is 2. The molecule has 7 heteroatoms. The first-order valence-corrected chi connectivity index (χ1v) is 8.24. The maximum Gasteiger partial charge on any atom is 0.360 e. The second kappa shape index (κ2) is 7.92. The molecule has 0 fully saturated rings. The molecule has 1 amide bonds. The molecule has 0 aliphatic rings. The summed E-state index contributed by atoms with van der Waals surface area (Å²) < 4.78 is 9.89. The molecule has 0 unspecified atom stereocenters. The number of hydrogen-bond acceptors (Lipinski definition) is 6. The lowest BCUT2D eigenvalue weighted by molar-refractivity contribution is 0.0594. The zero-order chi connectivity index (χ0) is 16.8. The zero-order valence-electron chi connectivity index (χ0n) is 13.4. The van der Waals surface area contributed by atoms with Gasteiger partial charge in [-0.25, -0.2) is 9.78 Å². The molecule has 0 spiro atoms. The van der Waals surface area contributed by atoms with E-state index in [1.54, 1.807) is 11.0 Å². The minimum Gasteiger partial charge on any atom is -0.464 e. The van der Waals surface area contributed by atoms with Crippen LogP contribution in [-0.4, -0.2) is 35.4 Å². The van der Waals surface area contributed by atoms with Crippen LogP contribution < -0.4 is 0 Å². The third kappa shape index (κ3) is 4.66. The van der Waals surface area contributed by atoms with Crippen molar-refractivity contribution in [2.75, 3.05) is 13.7 Å². The molecule has 124 valence electrons. The summed E-state index contributed by atoms with van der Waals surface area (Å²) in [5.41, 5.74) is 0.106. The van der Waals surface area contributed by atoms with E-state index in [0.717, 1.165) is 6.42 Å². The number of carbonyl (C=O) groups is 2. The van der Waals surface area contributed by atoms with Crippen LogP contribution in [0.1, 0.15) is 46.3 Å². The fraction of sp³-hybridized carbons (Fsp3) is 0.438. The van der Waals surface area contributed by atoms with Crippen molar-refractivity contribution in [1.82, 2.24) is 9.88 Å². The first-order chi connectivity index (χ1) is 11.0. The van der Waals surface area contributed by atoms with E-state index < -0.39 is 5.97 Å². The van der Waals surface area contributed by atoms with Crippen molar-refractivity contribution in [3.05, 3.63) is 40.2 Å². The van der Waals surface area contributed by atoms with Gasteiger partial charge in [0.2, 0.25) is 5.89 Å². The van der Waals surface area contributed by atoms with Crippen LogP contribution in [0.2, 0.25) is 0 Å². The van der Waals surface area contributed by atoms with Gasteiger partial charge in [-0.15, -0.1) is 11.3 Å². The normalized spacial score (nSPS) is 10.8. The van der Waals surface area contributed by atoms with Gasteiger partial charge in [0.25, 0.3) is 5.91 Å². The SMILES string of the molecule is COC(=O)c1coc(CN(CCC(C)C)C(=O)c2cccs2)n1. The van der Waals surface area contributed by atoms with Crippen molar-refractivity contribution in [1.29, 1.82) is 0 Å². The highest BCUT2D eigenvalue weighted by Crippen LogP contribution is 2.16. The molecule has 2 rings (SSSR count). The summed E-state index contributed by atoms with van der Waals surface area (Å²) in [4.78, 5) is 30.5. The van der Waals surface area contributed by atoms with Gasteiger partial charge in [-0.3, -0.25) is 4.79 Å². The fourth-order valence-electron chi connectivity index (χ4n) is 1.97. The van der Waals surface area contributed by atoms with Crippen LogP contribution in [-0.2, 0) is 11.3 Å². The van der Waals surface area contributed by atoms with Crippen molar-refractivity contribution in [3.63, 3.8) is 0 Å². The van der Waals surface area contributed by atoms with Gasteiger partial charge in [-0.1, -0.05) is 19.9 Å². The number of rotatable bonds is 7. The lowest BCUT2D eigenvalue weighted by Crippen LogP contribution is -2.31. The molecule has 0 radical (unpaired) electrons. The van der Waals surface area contributed by atoms with E-state index in [9.17, 15) is 9.59 Å². The van der Waals surface area contributed by atoms with Gasteiger partial charge in [0, 0.05) is 6.54 Å². The maximum atomic E-state index is 12.6. The minimum atomic E-state index is -0.557. The number of aromatic nitrogens is 1. The van der Waals surface area contributed by atoms with Crippen molar-refractivity contribution in [3.8, 4) is 0 Å². The zero-order valence-corrected chi connectivity index (χ0v) is 14.3. The number of thiophene rings is 1. The van der Waals surface area contributed by atoms with Crippen molar-refractivity contribution in [2.45, 2.75) is 26.8 Å². The number of esters is 1. The molecule has 0 saturated carbocycles. The third-order valence-electron chi connectivity index (χ3n) is 3.27. The predicted octanol–water partition coefficient (Wildman–Crippen LogP) is 3.21. The highest BCUT2D eigenvalue weighted by molar-refractivity contribution is 7.12. The van der Waals surface area contributed by atoms with Crippen molar-refractivity contribution >= 4 is 23.2 Å². The summed E-state index contributed by atoms with van der Waals surface area (Å²) >= 11 is 1.40. The van der Waals surface area contributed by atoms with Crippen LogP contribution in [0.4, 0.5) is 0 Å². The fourth-order valence-corrected chi connectivity index (χ4v) is 2.66. The summed E-state index contributed by atoms with van der Waals surface area (Å²) in [5, 5.41) is 1.87. The lowest BCUT2D eigenvalue weighted by atomic mass is 10.1. The van der Waals surface area contributed by atoms with Crippen LogP contribution in [0.15, 0.2) is 28.2 Å². The quantitative estimate of drug-likeness (QED) is 0.726.